The Morgan fingerprint density at radius 2 is 1.82 bits per heavy atom. The summed E-state index contributed by atoms with van der Waals surface area (Å²) < 4.78 is 10.5. The lowest BCUT2D eigenvalue weighted by atomic mass is 10.0. The van der Waals surface area contributed by atoms with Crippen LogP contribution in [-0.4, -0.2) is 19.2 Å². The van der Waals surface area contributed by atoms with Crippen LogP contribution in [0.4, 0.5) is 5.69 Å². The van der Waals surface area contributed by atoms with Crippen LogP contribution in [0.2, 0.25) is 0 Å². The van der Waals surface area contributed by atoms with Gasteiger partial charge in [0.25, 0.3) is 0 Å². The van der Waals surface area contributed by atoms with Gasteiger partial charge in [-0.15, -0.1) is 0 Å². The maximum atomic E-state index is 11.9. The number of anilines is 1. The van der Waals surface area contributed by atoms with E-state index < -0.39 is 5.97 Å². The van der Waals surface area contributed by atoms with Crippen LogP contribution in [-0.2, 0) is 11.2 Å². The monoisotopic (exact) mass is 299 g/mol. The summed E-state index contributed by atoms with van der Waals surface area (Å²) in [5, 5.41) is 0. The van der Waals surface area contributed by atoms with E-state index in [1.165, 1.54) is 7.11 Å². The summed E-state index contributed by atoms with van der Waals surface area (Å²) in [5.41, 5.74) is 8.81. The molecule has 0 unspecified atom stereocenters. The van der Waals surface area contributed by atoms with E-state index in [9.17, 15) is 4.79 Å². The number of ether oxygens (including phenoxy) is 2. The molecule has 0 saturated carbocycles. The van der Waals surface area contributed by atoms with Crippen molar-refractivity contribution in [3.63, 3.8) is 0 Å². The van der Waals surface area contributed by atoms with Crippen LogP contribution in [0.1, 0.15) is 35.3 Å². The van der Waals surface area contributed by atoms with Crippen molar-refractivity contribution in [3.8, 4) is 5.75 Å². The number of methoxy groups -OCH3 is 1. The Hall–Kier alpha value is -2.49. The van der Waals surface area contributed by atoms with E-state index in [2.05, 4.69) is 0 Å². The summed E-state index contributed by atoms with van der Waals surface area (Å²) >= 11 is 0. The highest BCUT2D eigenvalue weighted by Gasteiger charge is 2.17. The first-order valence-corrected chi connectivity index (χ1v) is 7.22. The van der Waals surface area contributed by atoms with Crippen LogP contribution in [0.15, 0.2) is 42.5 Å². The highest BCUT2D eigenvalue weighted by molar-refractivity contribution is 5.96. The zero-order valence-electron chi connectivity index (χ0n) is 13.1. The fourth-order valence-electron chi connectivity index (χ4n) is 2.25. The van der Waals surface area contributed by atoms with Gasteiger partial charge in [0.1, 0.15) is 5.75 Å². The van der Waals surface area contributed by atoms with E-state index >= 15 is 0 Å². The van der Waals surface area contributed by atoms with E-state index in [1.807, 2.05) is 50.2 Å². The first kappa shape index (κ1) is 15.9. The number of esters is 1. The van der Waals surface area contributed by atoms with E-state index in [-0.39, 0.29) is 6.10 Å². The number of benzene rings is 2. The molecular formula is C18H21NO3. The second-order valence-corrected chi connectivity index (χ2v) is 5.38. The minimum absolute atomic E-state index is 0.0280. The molecule has 0 aliphatic carbocycles. The zero-order chi connectivity index (χ0) is 16.1. The van der Waals surface area contributed by atoms with Crippen molar-refractivity contribution in [2.75, 3.05) is 12.8 Å². The number of hydrogen-bond acceptors (Lipinski definition) is 4. The summed E-state index contributed by atoms with van der Waals surface area (Å²) in [5.74, 6) is 0.0600. The Kier molecular flexibility index (Phi) is 5.04. The van der Waals surface area contributed by atoms with Crippen molar-refractivity contribution in [2.24, 2.45) is 0 Å². The van der Waals surface area contributed by atoms with Gasteiger partial charge in [-0.1, -0.05) is 30.3 Å². The van der Waals surface area contributed by atoms with Gasteiger partial charge < -0.3 is 15.2 Å². The summed E-state index contributed by atoms with van der Waals surface area (Å²) in [6.45, 7) is 3.84. The van der Waals surface area contributed by atoms with Crippen molar-refractivity contribution in [1.82, 2.24) is 0 Å². The van der Waals surface area contributed by atoms with Crippen LogP contribution in [0.3, 0.4) is 0 Å². The molecule has 4 heteroatoms. The summed E-state index contributed by atoms with van der Waals surface area (Å²) in [7, 11) is 1.34. The average molecular weight is 299 g/mol. The number of carbonyl (C=O) groups excluding carboxylic acids is 1. The molecule has 116 valence electrons. The smallest absolute Gasteiger partial charge is 0.340 e. The maximum Gasteiger partial charge on any atom is 0.340 e. The molecule has 0 aliphatic rings. The van der Waals surface area contributed by atoms with Gasteiger partial charge in [-0.05, 0) is 43.5 Å². The van der Waals surface area contributed by atoms with Crippen molar-refractivity contribution in [3.05, 3.63) is 59.2 Å². The third-order valence-electron chi connectivity index (χ3n) is 3.22. The van der Waals surface area contributed by atoms with Gasteiger partial charge in [0.2, 0.25) is 0 Å². The highest BCUT2D eigenvalue weighted by Crippen LogP contribution is 2.30. The molecule has 0 fully saturated rings. The Morgan fingerprint density at radius 1 is 1.14 bits per heavy atom. The van der Waals surface area contributed by atoms with E-state index in [0.717, 1.165) is 11.1 Å². The maximum absolute atomic E-state index is 11.9. The van der Waals surface area contributed by atoms with Crippen molar-refractivity contribution < 1.29 is 14.3 Å². The van der Waals surface area contributed by atoms with Crippen LogP contribution in [0, 0.1) is 0 Å². The molecule has 0 aliphatic heterocycles. The lowest BCUT2D eigenvalue weighted by Crippen LogP contribution is -2.12. The SMILES string of the molecule is COC(=O)c1cc(Cc2ccccc2)cc(OC(C)C)c1N. The minimum atomic E-state index is -0.457. The first-order valence-electron chi connectivity index (χ1n) is 7.22. The number of rotatable bonds is 5. The standard InChI is InChI=1S/C18H21NO3/c1-12(2)22-16-11-14(9-13-7-5-4-6-8-13)10-15(17(16)19)18(20)21-3/h4-8,10-12H,9,19H2,1-3H3. The van der Waals surface area contributed by atoms with Crippen molar-refractivity contribution in [1.29, 1.82) is 0 Å². The predicted molar refractivity (Wildman–Crippen MR) is 87.2 cm³/mol. The van der Waals surface area contributed by atoms with Crippen LogP contribution in [0.25, 0.3) is 0 Å². The molecule has 4 nitrogen and oxygen atoms in total. The second-order valence-electron chi connectivity index (χ2n) is 5.38. The Bertz CT molecular complexity index is 651. The number of nitrogens with two attached hydrogens (primary N) is 1. The van der Waals surface area contributed by atoms with Crippen LogP contribution in [0.5, 0.6) is 5.75 Å². The quantitative estimate of drug-likeness (QED) is 0.678. The Balaban J connectivity index is 2.42. The second kappa shape index (κ2) is 6.98. The molecule has 0 radical (unpaired) electrons. The fourth-order valence-corrected chi connectivity index (χ4v) is 2.25. The molecule has 2 N–H and O–H groups in total. The van der Waals surface area contributed by atoms with Crippen LogP contribution < -0.4 is 10.5 Å². The molecule has 22 heavy (non-hydrogen) atoms. The normalized spacial score (nSPS) is 10.5. The van der Waals surface area contributed by atoms with Gasteiger partial charge in [0.15, 0.2) is 0 Å². The van der Waals surface area contributed by atoms with Gasteiger partial charge in [0.05, 0.1) is 24.5 Å². The third-order valence-corrected chi connectivity index (χ3v) is 3.22. The molecule has 2 aromatic rings. The molecule has 2 rings (SSSR count). The van der Waals surface area contributed by atoms with Crippen molar-refractivity contribution >= 4 is 11.7 Å². The average Bonchev–Trinajstić information content (AvgIpc) is 2.50. The molecule has 0 heterocycles. The Morgan fingerprint density at radius 3 is 2.41 bits per heavy atom. The molecule has 0 amide bonds. The first-order chi connectivity index (χ1) is 10.5. The van der Waals surface area contributed by atoms with Crippen molar-refractivity contribution in [2.45, 2.75) is 26.4 Å². The summed E-state index contributed by atoms with van der Waals surface area (Å²) in [6, 6.07) is 13.7. The molecule has 0 saturated heterocycles. The lowest BCUT2D eigenvalue weighted by molar-refractivity contribution is 0.0601. The summed E-state index contributed by atoms with van der Waals surface area (Å²) in [4.78, 5) is 11.9. The number of nitrogen functional groups attached to an aromatic ring is 1. The van der Waals surface area contributed by atoms with Gasteiger partial charge in [-0.25, -0.2) is 4.79 Å². The van der Waals surface area contributed by atoms with Crippen LogP contribution >= 0.6 is 0 Å². The number of hydrogen-bond donors (Lipinski definition) is 1. The highest BCUT2D eigenvalue weighted by atomic mass is 16.5. The van der Waals surface area contributed by atoms with E-state index in [4.69, 9.17) is 15.2 Å². The molecule has 0 spiro atoms. The summed E-state index contributed by atoms with van der Waals surface area (Å²) in [6.07, 6.45) is 0.666. The lowest BCUT2D eigenvalue weighted by Gasteiger charge is -2.16. The minimum Gasteiger partial charge on any atom is -0.489 e. The van der Waals surface area contributed by atoms with Gasteiger partial charge in [0, 0.05) is 0 Å². The Labute approximate surface area is 130 Å². The van der Waals surface area contributed by atoms with Gasteiger partial charge in [-0.3, -0.25) is 0 Å². The van der Waals surface area contributed by atoms with Gasteiger partial charge >= 0.3 is 5.97 Å². The third kappa shape index (κ3) is 3.79. The zero-order valence-corrected chi connectivity index (χ0v) is 13.1. The molecule has 0 aromatic heterocycles. The topological polar surface area (TPSA) is 61.5 Å². The van der Waals surface area contributed by atoms with E-state index in [1.54, 1.807) is 6.07 Å². The molecular weight excluding hydrogens is 278 g/mol. The molecule has 2 aromatic carbocycles. The van der Waals surface area contributed by atoms with E-state index in [0.29, 0.717) is 23.4 Å². The fraction of sp³-hybridized carbons (Fsp3) is 0.278. The number of carbonyl (C=O) groups is 1. The predicted octanol–water partition coefficient (Wildman–Crippen LogP) is 3.43. The largest absolute Gasteiger partial charge is 0.489 e. The van der Waals surface area contributed by atoms with Gasteiger partial charge in [-0.2, -0.15) is 0 Å². The molecule has 0 bridgehead atoms. The molecule has 0 atom stereocenters.